The summed E-state index contributed by atoms with van der Waals surface area (Å²) in [4.78, 5) is 0. The van der Waals surface area contributed by atoms with Crippen molar-refractivity contribution < 1.29 is 8.56 Å². The van der Waals surface area contributed by atoms with E-state index in [1.165, 1.54) is 0 Å². The summed E-state index contributed by atoms with van der Waals surface area (Å²) in [5, 5.41) is 0. The van der Waals surface area contributed by atoms with Gasteiger partial charge in [-0.1, -0.05) is 0 Å². The molecule has 4 heavy (non-hydrogen) atoms. The molecule has 0 aliphatic rings. The number of hydrogen-bond donors (Lipinski definition) is 0. The molecule has 0 nitrogen and oxygen atoms in total. The Labute approximate surface area is 129 Å². The van der Waals surface area contributed by atoms with Crippen molar-refractivity contribution in [3.8, 4) is 0 Å². The van der Waals surface area contributed by atoms with Gasteiger partial charge in [-0.25, -0.2) is 0 Å². The first-order valence-electron chi connectivity index (χ1n) is 0. The van der Waals surface area contributed by atoms with Gasteiger partial charge < -0.3 is 8.56 Å². The van der Waals surface area contributed by atoms with Crippen molar-refractivity contribution in [3.63, 3.8) is 0 Å². The fourth-order valence-corrected chi connectivity index (χ4v) is 0. The van der Waals surface area contributed by atoms with E-state index in [4.69, 9.17) is 0 Å². The molecule has 0 aromatic rings. The molecule has 0 aromatic carbocycles. The summed E-state index contributed by atoms with van der Waals surface area (Å²) in [6.45, 7) is 0. The maximum atomic E-state index is 0. The average molecular weight is 185 g/mol. The van der Waals surface area contributed by atoms with Crippen LogP contribution in [0.3, 0.4) is 0 Å². The van der Waals surface area contributed by atoms with Gasteiger partial charge in [0, 0.05) is 17.4 Å². The molecule has 0 N–H and O–H groups in total. The number of rotatable bonds is 0. The molecule has 0 aliphatic heterocycles. The normalized spacial score (nSPS) is 0. The quantitative estimate of drug-likeness (QED) is 0.431. The zero-order valence-electron chi connectivity index (χ0n) is 8.70. The third kappa shape index (κ3) is 9.40. The molecule has 0 saturated heterocycles. The molecule has 0 amide bonds. The first kappa shape index (κ1) is 24.4. The van der Waals surface area contributed by atoms with E-state index in [2.05, 4.69) is 0 Å². The molecule has 4 heteroatoms. The van der Waals surface area contributed by atoms with E-state index in [1.807, 2.05) is 0 Å². The fourth-order valence-electron chi connectivity index (χ4n) is 0. The van der Waals surface area contributed by atoms with Crippen LogP contribution in [-0.4, -0.2) is 124 Å². The molecular formula is H6AlCaMgSr. The van der Waals surface area contributed by atoms with Crippen LogP contribution in [0.1, 0.15) is 8.56 Å². The molecule has 0 fully saturated rings. The molecule has 0 rings (SSSR count). The van der Waals surface area contributed by atoms with Gasteiger partial charge in [-0.2, -0.15) is 0 Å². The molecule has 0 heterocycles. The summed E-state index contributed by atoms with van der Waals surface area (Å²) in [7, 11) is 0. The standard InChI is InChI=1S/Al.Ca.Mg.Sr.6H/q;3*+2;6*-1. The third-order valence-corrected chi connectivity index (χ3v) is 0. The van der Waals surface area contributed by atoms with Crippen LogP contribution in [-0.2, 0) is 0 Å². The first-order chi connectivity index (χ1) is 0. The van der Waals surface area contributed by atoms with Crippen LogP contribution in [0.5, 0.6) is 0 Å². The fraction of sp³-hybridized carbons (Fsp3) is 0. The van der Waals surface area contributed by atoms with Gasteiger partial charge in [0.05, 0.1) is 0 Å². The van der Waals surface area contributed by atoms with Crippen molar-refractivity contribution in [2.75, 3.05) is 0 Å². The summed E-state index contributed by atoms with van der Waals surface area (Å²) < 4.78 is 0. The van der Waals surface area contributed by atoms with Crippen LogP contribution in [0.25, 0.3) is 0 Å². The largest absolute Gasteiger partial charge is 2.00 e. The van der Waals surface area contributed by atoms with E-state index in [1.54, 1.807) is 0 Å². The van der Waals surface area contributed by atoms with Crippen LogP contribution >= 0.6 is 0 Å². The zero-order chi connectivity index (χ0) is 0. The third-order valence-electron chi connectivity index (χ3n) is 0. The Balaban J connectivity index is 0. The van der Waals surface area contributed by atoms with Gasteiger partial charge in [-0.05, 0) is 0 Å². The maximum Gasteiger partial charge on any atom is 2.00 e. The second-order valence-corrected chi connectivity index (χ2v) is 0. The van der Waals surface area contributed by atoms with Crippen LogP contribution in [0.4, 0.5) is 0 Å². The average Bonchev–Trinajstić information content (AvgIpc) is 0. The Bertz CT molecular complexity index is 17.7. The van der Waals surface area contributed by atoms with Crippen molar-refractivity contribution in [2.24, 2.45) is 0 Å². The van der Waals surface area contributed by atoms with Gasteiger partial charge in [-0.15, -0.1) is 0 Å². The predicted molar refractivity (Wildman–Crippen MR) is 29.7 cm³/mol. The van der Waals surface area contributed by atoms with Gasteiger partial charge >= 0.3 is 106 Å². The van der Waals surface area contributed by atoms with E-state index in [0.717, 1.165) is 0 Å². The smallest absolute Gasteiger partial charge is 1.00 e. The van der Waals surface area contributed by atoms with Crippen LogP contribution in [0, 0.1) is 0 Å². The van der Waals surface area contributed by atoms with Crippen LogP contribution in [0.15, 0.2) is 0 Å². The van der Waals surface area contributed by atoms with Gasteiger partial charge in [-0.3, -0.25) is 0 Å². The minimum absolute atomic E-state index is 0. The summed E-state index contributed by atoms with van der Waals surface area (Å²) in [6, 6.07) is 0. The second-order valence-electron chi connectivity index (χ2n) is 0. The van der Waals surface area contributed by atoms with E-state index in [-0.39, 0.29) is 132 Å². The number of hydrogen-bond acceptors (Lipinski definition) is 0. The van der Waals surface area contributed by atoms with E-state index in [9.17, 15) is 0 Å². The summed E-state index contributed by atoms with van der Waals surface area (Å²) >= 11 is 0. The molecule has 0 saturated carbocycles. The second kappa shape index (κ2) is 15.7. The Morgan fingerprint density at radius 3 is 1.25 bits per heavy atom. The molecule has 0 aromatic heterocycles. The molecule has 0 aliphatic carbocycles. The van der Waals surface area contributed by atoms with Gasteiger partial charge in [0.2, 0.25) is 0 Å². The predicted octanol–water partition coefficient (Wildman–Crippen LogP) is -0.848. The van der Waals surface area contributed by atoms with E-state index >= 15 is 0 Å². The molecule has 0 spiro atoms. The van der Waals surface area contributed by atoms with E-state index < -0.39 is 0 Å². The Hall–Kier alpha value is 4.04. The van der Waals surface area contributed by atoms with Crippen molar-refractivity contribution in [3.05, 3.63) is 0 Å². The maximum absolute atomic E-state index is 0. The Kier molecular flexibility index (Phi) is 96.1. The van der Waals surface area contributed by atoms with Crippen molar-refractivity contribution in [1.29, 1.82) is 0 Å². The van der Waals surface area contributed by atoms with Crippen molar-refractivity contribution >= 4 is 124 Å². The Morgan fingerprint density at radius 1 is 1.25 bits per heavy atom. The van der Waals surface area contributed by atoms with Crippen molar-refractivity contribution in [2.45, 2.75) is 0 Å². The SMILES string of the molecule is [Al].[Ca+2].[H-].[H-].[H-].[H-].[H-].[H-].[Mg+2].[Sr+2]. The van der Waals surface area contributed by atoms with Gasteiger partial charge in [0.1, 0.15) is 0 Å². The summed E-state index contributed by atoms with van der Waals surface area (Å²) in [6.07, 6.45) is 0. The summed E-state index contributed by atoms with van der Waals surface area (Å²) in [5.74, 6) is 0. The summed E-state index contributed by atoms with van der Waals surface area (Å²) in [5.41, 5.74) is 0. The van der Waals surface area contributed by atoms with Crippen molar-refractivity contribution in [1.82, 2.24) is 0 Å². The molecular weight excluding hydrogens is 179 g/mol. The topological polar surface area (TPSA) is 0 Å². The first-order valence-corrected chi connectivity index (χ1v) is 0. The molecule has 0 unspecified atom stereocenters. The van der Waals surface area contributed by atoms with E-state index in [0.29, 0.717) is 0 Å². The Morgan fingerprint density at radius 2 is 1.25 bits per heavy atom. The van der Waals surface area contributed by atoms with Crippen LogP contribution in [0.2, 0.25) is 0 Å². The monoisotopic (exact) mass is 185 g/mol. The molecule has 0 bridgehead atoms. The zero-order valence-corrected chi connectivity index (χ0v) is 11.0. The van der Waals surface area contributed by atoms with Gasteiger partial charge in [0.15, 0.2) is 0 Å². The molecule has 3 radical (unpaired) electrons. The minimum Gasteiger partial charge on any atom is -1.00 e. The minimum atomic E-state index is 0. The van der Waals surface area contributed by atoms with Gasteiger partial charge in [0.25, 0.3) is 0 Å². The molecule has 0 atom stereocenters. The van der Waals surface area contributed by atoms with Crippen LogP contribution < -0.4 is 0 Å². The molecule has 15 valence electrons.